The minimum absolute atomic E-state index is 1.14. The molecule has 2 aromatic heterocycles. The Balaban J connectivity index is 0.620. The van der Waals surface area contributed by atoms with Crippen LogP contribution in [0, 0.1) is 0 Å². The first-order valence-corrected chi connectivity index (χ1v) is 29.6. The van der Waals surface area contributed by atoms with Crippen LogP contribution in [0.5, 0.6) is 0 Å². The van der Waals surface area contributed by atoms with Gasteiger partial charge < -0.3 is 9.13 Å². The van der Waals surface area contributed by atoms with E-state index in [2.05, 4.69) is 349 Å². The van der Waals surface area contributed by atoms with E-state index in [9.17, 15) is 0 Å². The van der Waals surface area contributed by atoms with Crippen LogP contribution in [0.2, 0.25) is 0 Å². The van der Waals surface area contributed by atoms with E-state index in [0.717, 1.165) is 11.4 Å². The van der Waals surface area contributed by atoms with Crippen LogP contribution in [-0.4, -0.2) is 9.13 Å². The van der Waals surface area contributed by atoms with Gasteiger partial charge in [0, 0.05) is 32.9 Å². The molecule has 0 aliphatic rings. The number of hydrogen-bond donors (Lipinski definition) is 0. The number of aromatic nitrogens is 2. The zero-order chi connectivity index (χ0) is 56.9. The van der Waals surface area contributed by atoms with E-state index in [4.69, 9.17) is 0 Å². The molecule has 86 heavy (non-hydrogen) atoms. The Morgan fingerprint density at radius 1 is 0.128 bits per heavy atom. The zero-order valence-electron chi connectivity index (χ0n) is 47.2. The fourth-order valence-corrected chi connectivity index (χ4v) is 12.9. The summed E-state index contributed by atoms with van der Waals surface area (Å²) in [6.45, 7) is 0. The summed E-state index contributed by atoms with van der Waals surface area (Å²) < 4.78 is 4.82. The zero-order valence-corrected chi connectivity index (χ0v) is 47.2. The fourth-order valence-electron chi connectivity index (χ4n) is 12.9. The molecule has 16 aromatic rings. The van der Waals surface area contributed by atoms with Crippen LogP contribution in [0.3, 0.4) is 0 Å². The average molecular weight is 1090 g/mol. The fraction of sp³-hybridized carbons (Fsp3) is 0. The van der Waals surface area contributed by atoms with Crippen LogP contribution in [0.25, 0.3) is 155 Å². The van der Waals surface area contributed by atoms with E-state index in [1.807, 2.05) is 0 Å². The number of hydrogen-bond acceptors (Lipinski definition) is 0. The van der Waals surface area contributed by atoms with Crippen molar-refractivity contribution in [3.8, 4) is 112 Å². The molecule has 0 atom stereocenters. The summed E-state index contributed by atoms with van der Waals surface area (Å²) in [7, 11) is 0. The van der Waals surface area contributed by atoms with E-state index < -0.39 is 0 Å². The van der Waals surface area contributed by atoms with E-state index in [-0.39, 0.29) is 0 Å². The van der Waals surface area contributed by atoms with Crippen molar-refractivity contribution in [2.75, 3.05) is 0 Å². The van der Waals surface area contributed by atoms with Crippen molar-refractivity contribution < 1.29 is 0 Å². The maximum absolute atomic E-state index is 2.41. The molecule has 0 aliphatic heterocycles. The monoisotopic (exact) mass is 1090 g/mol. The molecule has 0 unspecified atom stereocenters. The largest absolute Gasteiger partial charge is 0.309 e. The quantitative estimate of drug-likeness (QED) is 0.122. The highest BCUT2D eigenvalue weighted by atomic mass is 15.0. The Hall–Kier alpha value is -11.3. The SMILES string of the molecule is c1ccc(-c2ccc(-c3ccc(-c4cccc(-c5cccc(-c6ccc(-c7ccc(-c8ccc(-n9c%10ccccc%10c%10cc(-c%11ccc%12c(c%11)c%11ccccc%11n%12-c%11cccc(-c%12ccccc%12)c%11)ccc%109)cc8)cc7)cc6)c5)c4)cc3)cc2)cc1. The molecular weight excluding hydrogens is 1040 g/mol. The summed E-state index contributed by atoms with van der Waals surface area (Å²) in [5.74, 6) is 0. The number of para-hydroxylation sites is 2. The van der Waals surface area contributed by atoms with Crippen molar-refractivity contribution in [3.05, 3.63) is 340 Å². The Bertz CT molecular complexity index is 5150. The smallest absolute Gasteiger partial charge is 0.0541 e. The van der Waals surface area contributed by atoms with Crippen LogP contribution < -0.4 is 0 Å². The summed E-state index contributed by atoms with van der Waals surface area (Å²) in [5, 5.41) is 4.96. The minimum atomic E-state index is 1.14. The van der Waals surface area contributed by atoms with Gasteiger partial charge in [-0.2, -0.15) is 0 Å². The Morgan fingerprint density at radius 2 is 0.372 bits per heavy atom. The standard InChI is InChI=1S/C84H56N2/c1-3-14-57(15-4-1)59-28-30-60(31-29-59)62-36-40-66(41-37-62)68-18-11-20-70(52-68)71-21-12-19-69(53-71)67-42-38-63(39-43-67)61-32-34-64(35-33-61)65-44-48-75(49-45-65)85-81-26-9-7-24-77(81)79-55-73(46-50-83(79)85)74-47-51-84-80(56-74)78-25-8-10-27-82(78)86(84)76-23-13-22-72(54-76)58-16-5-2-6-17-58/h1-56H. The Kier molecular flexibility index (Phi) is 12.6. The van der Waals surface area contributed by atoms with Crippen molar-refractivity contribution in [2.45, 2.75) is 0 Å². The Morgan fingerprint density at radius 3 is 0.779 bits per heavy atom. The Labute approximate surface area is 501 Å². The molecule has 0 bridgehead atoms. The van der Waals surface area contributed by atoms with Crippen molar-refractivity contribution in [3.63, 3.8) is 0 Å². The van der Waals surface area contributed by atoms with Gasteiger partial charge in [0.25, 0.3) is 0 Å². The average Bonchev–Trinajstić information content (AvgIpc) is 1.84. The summed E-state index contributed by atoms with van der Waals surface area (Å²) in [5.41, 5.74) is 28.7. The summed E-state index contributed by atoms with van der Waals surface area (Å²) in [6, 6.07) is 124. The summed E-state index contributed by atoms with van der Waals surface area (Å²) >= 11 is 0. The molecule has 0 fully saturated rings. The highest BCUT2D eigenvalue weighted by Crippen LogP contribution is 2.40. The molecule has 0 saturated heterocycles. The van der Waals surface area contributed by atoms with Gasteiger partial charge in [0.1, 0.15) is 0 Å². The molecular formula is C84H56N2. The van der Waals surface area contributed by atoms with Crippen molar-refractivity contribution >= 4 is 43.6 Å². The van der Waals surface area contributed by atoms with Gasteiger partial charge >= 0.3 is 0 Å². The molecule has 0 saturated carbocycles. The van der Waals surface area contributed by atoms with Gasteiger partial charge in [-0.05, 0) is 173 Å². The van der Waals surface area contributed by atoms with Gasteiger partial charge in [-0.1, -0.05) is 267 Å². The molecule has 0 spiro atoms. The van der Waals surface area contributed by atoms with Gasteiger partial charge in [-0.25, -0.2) is 0 Å². The summed E-state index contributed by atoms with van der Waals surface area (Å²) in [6.07, 6.45) is 0. The molecule has 0 N–H and O–H groups in total. The molecule has 2 heterocycles. The third kappa shape index (κ3) is 9.27. The predicted molar refractivity (Wildman–Crippen MR) is 364 cm³/mol. The van der Waals surface area contributed by atoms with E-state index in [0.29, 0.717) is 0 Å². The van der Waals surface area contributed by atoms with Crippen LogP contribution in [0.4, 0.5) is 0 Å². The minimum Gasteiger partial charge on any atom is -0.309 e. The molecule has 14 aromatic carbocycles. The second kappa shape index (κ2) is 21.5. The lowest BCUT2D eigenvalue weighted by atomic mass is 9.94. The topological polar surface area (TPSA) is 9.86 Å². The lowest BCUT2D eigenvalue weighted by Crippen LogP contribution is -1.94. The third-order valence-corrected chi connectivity index (χ3v) is 17.4. The van der Waals surface area contributed by atoms with Crippen LogP contribution in [-0.2, 0) is 0 Å². The van der Waals surface area contributed by atoms with Gasteiger partial charge in [-0.15, -0.1) is 0 Å². The van der Waals surface area contributed by atoms with Crippen molar-refractivity contribution in [1.29, 1.82) is 0 Å². The first kappa shape index (κ1) is 50.4. The third-order valence-electron chi connectivity index (χ3n) is 17.4. The molecule has 2 nitrogen and oxygen atoms in total. The van der Waals surface area contributed by atoms with Crippen molar-refractivity contribution in [1.82, 2.24) is 9.13 Å². The second-order valence-corrected chi connectivity index (χ2v) is 22.5. The second-order valence-electron chi connectivity index (χ2n) is 22.5. The van der Waals surface area contributed by atoms with Crippen LogP contribution >= 0.6 is 0 Å². The molecule has 0 radical (unpaired) electrons. The van der Waals surface area contributed by atoms with Gasteiger partial charge in [0.2, 0.25) is 0 Å². The first-order chi connectivity index (χ1) is 42.6. The summed E-state index contributed by atoms with van der Waals surface area (Å²) in [4.78, 5) is 0. The van der Waals surface area contributed by atoms with Gasteiger partial charge in [0.05, 0.1) is 22.1 Å². The van der Waals surface area contributed by atoms with Gasteiger partial charge in [-0.3, -0.25) is 0 Å². The van der Waals surface area contributed by atoms with Crippen molar-refractivity contribution in [2.24, 2.45) is 0 Å². The maximum atomic E-state index is 2.41. The number of benzene rings is 14. The van der Waals surface area contributed by atoms with E-state index >= 15 is 0 Å². The number of nitrogens with zero attached hydrogens (tertiary/aromatic N) is 2. The number of fused-ring (bicyclic) bond motifs is 6. The molecule has 2 heteroatoms. The van der Waals surface area contributed by atoms with Gasteiger partial charge in [0.15, 0.2) is 0 Å². The van der Waals surface area contributed by atoms with Crippen LogP contribution in [0.1, 0.15) is 0 Å². The number of rotatable bonds is 11. The maximum Gasteiger partial charge on any atom is 0.0541 e. The first-order valence-electron chi connectivity index (χ1n) is 29.6. The van der Waals surface area contributed by atoms with Crippen LogP contribution in [0.15, 0.2) is 340 Å². The van der Waals surface area contributed by atoms with E-state index in [1.165, 1.54) is 144 Å². The molecule has 16 rings (SSSR count). The predicted octanol–water partition coefficient (Wildman–Crippen LogP) is 22.9. The lowest BCUT2D eigenvalue weighted by molar-refractivity contribution is 1.18. The molecule has 402 valence electrons. The lowest BCUT2D eigenvalue weighted by Gasteiger charge is -2.11. The molecule has 0 aliphatic carbocycles. The highest BCUT2D eigenvalue weighted by Gasteiger charge is 2.18. The highest BCUT2D eigenvalue weighted by molar-refractivity contribution is 6.13. The normalized spacial score (nSPS) is 11.5. The molecule has 0 amide bonds. The van der Waals surface area contributed by atoms with E-state index in [1.54, 1.807) is 0 Å².